The van der Waals surface area contributed by atoms with Crippen LogP contribution < -0.4 is 10.5 Å². The van der Waals surface area contributed by atoms with E-state index in [2.05, 4.69) is 16.0 Å². The van der Waals surface area contributed by atoms with Gasteiger partial charge in [-0.2, -0.15) is 5.26 Å². The third-order valence-electron chi connectivity index (χ3n) is 4.65. The van der Waals surface area contributed by atoms with Gasteiger partial charge in [-0.3, -0.25) is 5.41 Å². The molecule has 2 aromatic heterocycles. The Hall–Kier alpha value is -3.66. The molecule has 0 saturated carbocycles. The number of nitrogens with one attached hydrogen (secondary N) is 1. The number of fused-ring (bicyclic) bond motifs is 1. The number of nitrogens with zero attached hydrogens (tertiary/aromatic N) is 3. The second-order valence-corrected chi connectivity index (χ2v) is 6.37. The standard InChI is InChI=1S/C20H17N5O2/c21-8-12-4-5-14-13(6-12)2-1-3-17(14)27-19-7-15(16(22)9-25-19)20(23)18-10-24-11-26-18/h4-7,9-11,17,23H,1-3,22H2. The summed E-state index contributed by atoms with van der Waals surface area (Å²) in [6.45, 7) is 0. The van der Waals surface area contributed by atoms with Crippen LogP contribution in [0.15, 0.2) is 47.5 Å². The highest BCUT2D eigenvalue weighted by Crippen LogP contribution is 2.34. The predicted molar refractivity (Wildman–Crippen MR) is 98.5 cm³/mol. The average molecular weight is 359 g/mol. The van der Waals surface area contributed by atoms with Crippen LogP contribution in [0.3, 0.4) is 0 Å². The Labute approximate surface area is 155 Å². The lowest BCUT2D eigenvalue weighted by Gasteiger charge is -2.26. The lowest BCUT2D eigenvalue weighted by atomic mass is 9.88. The molecule has 1 atom stereocenters. The molecule has 1 aliphatic carbocycles. The number of hydrogen-bond acceptors (Lipinski definition) is 7. The number of anilines is 1. The van der Waals surface area contributed by atoms with Gasteiger partial charge in [0, 0.05) is 11.6 Å². The van der Waals surface area contributed by atoms with Gasteiger partial charge < -0.3 is 14.9 Å². The van der Waals surface area contributed by atoms with Gasteiger partial charge in [0.1, 0.15) is 11.8 Å². The van der Waals surface area contributed by atoms with Gasteiger partial charge in [0.2, 0.25) is 5.88 Å². The Bertz CT molecular complexity index is 1040. The number of ether oxygens (including phenoxy) is 1. The van der Waals surface area contributed by atoms with E-state index in [9.17, 15) is 0 Å². The number of aromatic nitrogens is 2. The van der Waals surface area contributed by atoms with Crippen molar-refractivity contribution in [2.45, 2.75) is 25.4 Å². The fourth-order valence-corrected chi connectivity index (χ4v) is 3.31. The van der Waals surface area contributed by atoms with Gasteiger partial charge in [0.25, 0.3) is 0 Å². The maximum absolute atomic E-state index is 9.09. The minimum absolute atomic E-state index is 0.125. The van der Waals surface area contributed by atoms with E-state index in [-0.39, 0.29) is 11.8 Å². The number of hydrogen-bond donors (Lipinski definition) is 2. The molecule has 134 valence electrons. The fraction of sp³-hybridized carbons (Fsp3) is 0.200. The topological polar surface area (TPSA) is 122 Å². The lowest BCUT2D eigenvalue weighted by Crippen LogP contribution is -2.16. The minimum atomic E-state index is -0.148. The van der Waals surface area contributed by atoms with E-state index in [0.717, 1.165) is 30.4 Å². The van der Waals surface area contributed by atoms with E-state index >= 15 is 0 Å². The molecule has 3 N–H and O–H groups in total. The van der Waals surface area contributed by atoms with E-state index in [4.69, 9.17) is 25.6 Å². The molecule has 1 aliphatic rings. The van der Waals surface area contributed by atoms with Crippen molar-refractivity contribution in [2.24, 2.45) is 0 Å². The largest absolute Gasteiger partial charge is 0.469 e. The van der Waals surface area contributed by atoms with Crippen LogP contribution in [-0.2, 0) is 6.42 Å². The number of rotatable bonds is 4. The summed E-state index contributed by atoms with van der Waals surface area (Å²) in [5.41, 5.74) is 9.82. The van der Waals surface area contributed by atoms with Gasteiger partial charge in [0.05, 0.1) is 29.7 Å². The number of nitrogens with two attached hydrogens (primary N) is 1. The Morgan fingerprint density at radius 1 is 1.33 bits per heavy atom. The van der Waals surface area contributed by atoms with E-state index in [0.29, 0.717) is 28.5 Å². The predicted octanol–water partition coefficient (Wildman–Crippen LogP) is 3.40. The van der Waals surface area contributed by atoms with Crippen LogP contribution in [-0.4, -0.2) is 15.7 Å². The first-order chi connectivity index (χ1) is 13.2. The second-order valence-electron chi connectivity index (χ2n) is 6.37. The summed E-state index contributed by atoms with van der Waals surface area (Å²) in [6, 6.07) is 9.51. The highest BCUT2D eigenvalue weighted by atomic mass is 16.5. The molecule has 1 unspecified atom stereocenters. The number of aryl methyl sites for hydroxylation is 1. The van der Waals surface area contributed by atoms with Crippen LogP contribution in [0.5, 0.6) is 5.88 Å². The molecule has 0 saturated heterocycles. The normalized spacial score (nSPS) is 15.6. The van der Waals surface area contributed by atoms with Crippen LogP contribution in [0.4, 0.5) is 5.69 Å². The zero-order chi connectivity index (χ0) is 18.8. The lowest BCUT2D eigenvalue weighted by molar-refractivity contribution is 0.176. The average Bonchev–Trinajstić information content (AvgIpc) is 3.23. The molecule has 7 nitrogen and oxygen atoms in total. The molecule has 0 fully saturated rings. The molecule has 0 amide bonds. The van der Waals surface area contributed by atoms with Crippen LogP contribution >= 0.6 is 0 Å². The Balaban J connectivity index is 1.62. The van der Waals surface area contributed by atoms with Gasteiger partial charge in [-0.05, 0) is 42.5 Å². The third-order valence-corrected chi connectivity index (χ3v) is 4.65. The summed E-state index contributed by atoms with van der Waals surface area (Å²) in [6.07, 6.45) is 6.84. The summed E-state index contributed by atoms with van der Waals surface area (Å²) in [5, 5.41) is 17.4. The van der Waals surface area contributed by atoms with Gasteiger partial charge in [-0.15, -0.1) is 0 Å². The molecular weight excluding hydrogens is 342 g/mol. The maximum atomic E-state index is 9.09. The van der Waals surface area contributed by atoms with Crippen molar-refractivity contribution in [2.75, 3.05) is 5.73 Å². The smallest absolute Gasteiger partial charge is 0.214 e. The second kappa shape index (κ2) is 6.92. The van der Waals surface area contributed by atoms with E-state index in [1.165, 1.54) is 18.8 Å². The van der Waals surface area contributed by atoms with Crippen LogP contribution in [0.2, 0.25) is 0 Å². The van der Waals surface area contributed by atoms with E-state index in [1.54, 1.807) is 6.07 Å². The van der Waals surface area contributed by atoms with E-state index in [1.807, 2.05) is 18.2 Å². The van der Waals surface area contributed by atoms with Crippen molar-refractivity contribution in [3.63, 3.8) is 0 Å². The fourth-order valence-electron chi connectivity index (χ4n) is 3.31. The Kier molecular flexibility index (Phi) is 4.30. The highest BCUT2D eigenvalue weighted by Gasteiger charge is 2.23. The molecule has 0 spiro atoms. The molecule has 0 bridgehead atoms. The molecule has 0 radical (unpaired) electrons. The number of nitrogen functional groups attached to an aromatic ring is 1. The molecule has 1 aromatic carbocycles. The number of benzene rings is 1. The Morgan fingerprint density at radius 3 is 3.00 bits per heavy atom. The number of oxazole rings is 1. The summed E-state index contributed by atoms with van der Waals surface area (Å²) < 4.78 is 11.3. The first-order valence-electron chi connectivity index (χ1n) is 8.58. The number of pyridine rings is 1. The number of nitriles is 1. The zero-order valence-corrected chi connectivity index (χ0v) is 14.5. The van der Waals surface area contributed by atoms with Crippen molar-refractivity contribution in [3.05, 3.63) is 71.1 Å². The van der Waals surface area contributed by atoms with Gasteiger partial charge >= 0.3 is 0 Å². The quantitative estimate of drug-likeness (QED) is 0.689. The Morgan fingerprint density at radius 2 is 2.22 bits per heavy atom. The molecule has 4 rings (SSSR count). The van der Waals surface area contributed by atoms with Crippen molar-refractivity contribution in [1.82, 2.24) is 9.97 Å². The van der Waals surface area contributed by atoms with Gasteiger partial charge in [0.15, 0.2) is 12.2 Å². The van der Waals surface area contributed by atoms with Crippen LogP contribution in [0, 0.1) is 16.7 Å². The van der Waals surface area contributed by atoms with Crippen molar-refractivity contribution < 1.29 is 9.15 Å². The first kappa shape index (κ1) is 16.8. The highest BCUT2D eigenvalue weighted by molar-refractivity contribution is 6.12. The van der Waals surface area contributed by atoms with E-state index < -0.39 is 0 Å². The molecule has 3 aromatic rings. The maximum Gasteiger partial charge on any atom is 0.214 e. The SMILES string of the molecule is N#Cc1ccc2c(c1)CCCC2Oc1cc(C(=N)c2cnco2)c(N)cn1. The molecular formula is C20H17N5O2. The van der Waals surface area contributed by atoms with Gasteiger partial charge in [-0.1, -0.05) is 6.07 Å². The van der Waals surface area contributed by atoms with Crippen molar-refractivity contribution >= 4 is 11.4 Å². The molecule has 2 heterocycles. The summed E-state index contributed by atoms with van der Waals surface area (Å²) in [5.74, 6) is 0.719. The summed E-state index contributed by atoms with van der Waals surface area (Å²) in [7, 11) is 0. The van der Waals surface area contributed by atoms with Crippen LogP contribution in [0.25, 0.3) is 0 Å². The van der Waals surface area contributed by atoms with Crippen molar-refractivity contribution in [1.29, 1.82) is 10.7 Å². The van der Waals surface area contributed by atoms with Crippen LogP contribution in [0.1, 0.15) is 47.0 Å². The zero-order valence-electron chi connectivity index (χ0n) is 14.5. The van der Waals surface area contributed by atoms with Gasteiger partial charge in [-0.25, -0.2) is 9.97 Å². The third kappa shape index (κ3) is 3.25. The van der Waals surface area contributed by atoms with Crippen molar-refractivity contribution in [3.8, 4) is 11.9 Å². The monoisotopic (exact) mass is 359 g/mol. The minimum Gasteiger partial charge on any atom is -0.469 e. The molecule has 7 heteroatoms. The summed E-state index contributed by atoms with van der Waals surface area (Å²) >= 11 is 0. The molecule has 27 heavy (non-hydrogen) atoms. The first-order valence-corrected chi connectivity index (χ1v) is 8.58. The molecule has 0 aliphatic heterocycles. The summed E-state index contributed by atoms with van der Waals surface area (Å²) in [4.78, 5) is 8.10.